The van der Waals surface area contributed by atoms with E-state index in [1.54, 1.807) is 18.2 Å². The van der Waals surface area contributed by atoms with Crippen molar-refractivity contribution in [2.24, 2.45) is 9.98 Å². The molecule has 0 aromatic heterocycles. The molecule has 1 unspecified atom stereocenters. The van der Waals surface area contributed by atoms with Crippen LogP contribution in [0.1, 0.15) is 10.4 Å². The Morgan fingerprint density at radius 2 is 1.94 bits per heavy atom. The second-order valence-electron chi connectivity index (χ2n) is 6.75. The van der Waals surface area contributed by atoms with Crippen LogP contribution in [0.2, 0.25) is 5.02 Å². The number of amides is 1. The Balaban J connectivity index is 1.55. The Morgan fingerprint density at radius 1 is 1.19 bits per heavy atom. The summed E-state index contributed by atoms with van der Waals surface area (Å²) in [5.74, 6) is -0.882. The molecule has 2 aromatic rings. The highest BCUT2D eigenvalue weighted by atomic mass is 35.5. The van der Waals surface area contributed by atoms with E-state index in [4.69, 9.17) is 23.2 Å². The summed E-state index contributed by atoms with van der Waals surface area (Å²) in [5.41, 5.74) is 1.29. The van der Waals surface area contributed by atoms with Crippen LogP contribution in [-0.2, 0) is 10.0 Å². The fraction of sp³-hybridized carbons (Fsp3) is 0.150. The van der Waals surface area contributed by atoms with Gasteiger partial charge in [0.05, 0.1) is 29.1 Å². The quantitative estimate of drug-likeness (QED) is 0.683. The van der Waals surface area contributed by atoms with Gasteiger partial charge in [-0.05, 0) is 42.5 Å². The number of rotatable bonds is 3. The van der Waals surface area contributed by atoms with Gasteiger partial charge in [-0.2, -0.15) is 0 Å². The molecule has 7 nitrogen and oxygen atoms in total. The minimum Gasteiger partial charge on any atom is -0.291 e. The topological polar surface area (TPSA) is 91.2 Å². The smallest absolute Gasteiger partial charge is 0.263 e. The van der Waals surface area contributed by atoms with Gasteiger partial charge in [0, 0.05) is 22.4 Å². The van der Waals surface area contributed by atoms with E-state index in [0.29, 0.717) is 21.9 Å². The number of nitrogens with zero attached hydrogens (tertiary/aromatic N) is 3. The number of nitrogens with one attached hydrogen (secondary N) is 1. The lowest BCUT2D eigenvalue weighted by Gasteiger charge is -2.31. The van der Waals surface area contributed by atoms with E-state index in [1.807, 2.05) is 0 Å². The molecule has 0 aliphatic carbocycles. The monoisotopic (exact) mass is 480 g/mol. The van der Waals surface area contributed by atoms with Gasteiger partial charge in [0.1, 0.15) is 5.82 Å². The molecule has 2 aromatic carbocycles. The van der Waals surface area contributed by atoms with Gasteiger partial charge in [-0.25, -0.2) is 22.8 Å². The molecular formula is C20H15Cl2FN4O3S. The Morgan fingerprint density at radius 3 is 2.65 bits per heavy atom. The third-order valence-electron chi connectivity index (χ3n) is 4.62. The van der Waals surface area contributed by atoms with Crippen LogP contribution < -0.4 is 5.32 Å². The second-order valence-corrected chi connectivity index (χ2v) is 9.61. The maximum absolute atomic E-state index is 13.1. The molecule has 2 aliphatic heterocycles. The SMILES string of the molecule is O=C(NC1=NCC2=CN(S(=O)(=O)c3ccc(F)cc3)CC(Cl)C2=N1)c1cccc(Cl)c1. The predicted molar refractivity (Wildman–Crippen MR) is 117 cm³/mol. The molecule has 1 atom stereocenters. The third-order valence-corrected chi connectivity index (χ3v) is 6.94. The van der Waals surface area contributed by atoms with Gasteiger partial charge in [0.25, 0.3) is 15.9 Å². The van der Waals surface area contributed by atoms with Crippen LogP contribution >= 0.6 is 23.2 Å². The van der Waals surface area contributed by atoms with Crippen molar-refractivity contribution in [3.63, 3.8) is 0 Å². The summed E-state index contributed by atoms with van der Waals surface area (Å²) in [7, 11) is -3.91. The van der Waals surface area contributed by atoms with Crippen LogP contribution in [0.5, 0.6) is 0 Å². The van der Waals surface area contributed by atoms with Crippen molar-refractivity contribution in [3.05, 3.63) is 76.7 Å². The summed E-state index contributed by atoms with van der Waals surface area (Å²) in [6.45, 7) is 0.0156. The van der Waals surface area contributed by atoms with E-state index < -0.39 is 27.1 Å². The molecule has 0 saturated heterocycles. The molecule has 1 N–H and O–H groups in total. The summed E-state index contributed by atoms with van der Waals surface area (Å²) in [5, 5.41) is 2.26. The maximum atomic E-state index is 13.1. The zero-order chi connectivity index (χ0) is 22.2. The summed E-state index contributed by atoms with van der Waals surface area (Å²) >= 11 is 12.3. The predicted octanol–water partition coefficient (Wildman–Crippen LogP) is 3.22. The average molecular weight is 481 g/mol. The first kappa shape index (κ1) is 21.5. The molecule has 0 saturated carbocycles. The summed E-state index contributed by atoms with van der Waals surface area (Å²) in [6.07, 6.45) is 1.41. The normalized spacial score (nSPS) is 18.5. The lowest BCUT2D eigenvalue weighted by Crippen LogP contribution is -2.43. The van der Waals surface area contributed by atoms with Gasteiger partial charge in [0.15, 0.2) is 0 Å². The Labute approximate surface area is 188 Å². The molecule has 0 spiro atoms. The number of carbonyl (C=O) groups is 1. The van der Waals surface area contributed by atoms with Crippen molar-refractivity contribution >= 4 is 50.8 Å². The molecule has 1 amide bonds. The van der Waals surface area contributed by atoms with Gasteiger partial charge >= 0.3 is 0 Å². The number of carbonyl (C=O) groups excluding carboxylic acids is 1. The van der Waals surface area contributed by atoms with Crippen LogP contribution in [0.3, 0.4) is 0 Å². The number of guanidine groups is 1. The molecule has 160 valence electrons. The molecule has 11 heteroatoms. The molecule has 2 heterocycles. The molecule has 4 rings (SSSR count). The molecule has 31 heavy (non-hydrogen) atoms. The summed E-state index contributed by atoms with van der Waals surface area (Å²) in [6, 6.07) is 11.0. The molecule has 0 fully saturated rings. The number of sulfonamides is 1. The van der Waals surface area contributed by atoms with E-state index in [-0.39, 0.29) is 23.9 Å². The maximum Gasteiger partial charge on any atom is 0.263 e. The molecular weight excluding hydrogens is 466 g/mol. The Kier molecular flexibility index (Phi) is 5.83. The lowest BCUT2D eigenvalue weighted by molar-refractivity contribution is 0.0976. The number of aliphatic imine (C=N–C) groups is 2. The number of alkyl halides is 1. The summed E-state index contributed by atoms with van der Waals surface area (Å²) < 4.78 is 40.0. The number of halogens is 3. The number of hydrogen-bond acceptors (Lipinski definition) is 5. The molecule has 0 bridgehead atoms. The van der Waals surface area contributed by atoms with Crippen LogP contribution in [-0.4, -0.2) is 48.8 Å². The second kappa shape index (κ2) is 8.41. The first-order valence-corrected chi connectivity index (χ1v) is 11.3. The van der Waals surface area contributed by atoms with E-state index in [1.165, 1.54) is 24.4 Å². The average Bonchev–Trinajstić information content (AvgIpc) is 2.74. The van der Waals surface area contributed by atoms with E-state index in [2.05, 4.69) is 15.3 Å². The van der Waals surface area contributed by atoms with Crippen molar-refractivity contribution in [2.75, 3.05) is 13.1 Å². The highest BCUT2D eigenvalue weighted by Gasteiger charge is 2.34. The van der Waals surface area contributed by atoms with Crippen LogP contribution in [0, 0.1) is 5.82 Å². The van der Waals surface area contributed by atoms with E-state index in [9.17, 15) is 17.6 Å². The fourth-order valence-corrected chi connectivity index (χ4v) is 5.06. The van der Waals surface area contributed by atoms with E-state index in [0.717, 1.165) is 16.4 Å². The minimum atomic E-state index is -3.91. The largest absolute Gasteiger partial charge is 0.291 e. The number of fused-ring (bicyclic) bond motifs is 1. The standard InChI is InChI=1S/C20H15Cl2FN4O3S/c21-14-3-1-2-12(8-14)19(28)26-20-24-9-13-10-27(11-17(22)18(13)25-20)31(29,30)16-6-4-15(23)5-7-16/h1-8,10,17H,9,11H2,(H,24,26,28). The summed E-state index contributed by atoms with van der Waals surface area (Å²) in [4.78, 5) is 20.8. The van der Waals surface area contributed by atoms with Crippen molar-refractivity contribution in [1.82, 2.24) is 9.62 Å². The van der Waals surface area contributed by atoms with Crippen molar-refractivity contribution in [1.29, 1.82) is 0 Å². The zero-order valence-corrected chi connectivity index (χ0v) is 18.1. The fourth-order valence-electron chi connectivity index (χ4n) is 3.09. The van der Waals surface area contributed by atoms with Crippen LogP contribution in [0.4, 0.5) is 4.39 Å². The van der Waals surface area contributed by atoms with Gasteiger partial charge in [0.2, 0.25) is 5.96 Å². The van der Waals surface area contributed by atoms with Gasteiger partial charge in [-0.15, -0.1) is 11.6 Å². The first-order chi connectivity index (χ1) is 14.7. The highest BCUT2D eigenvalue weighted by Crippen LogP contribution is 2.26. The lowest BCUT2D eigenvalue weighted by atomic mass is 10.0. The van der Waals surface area contributed by atoms with E-state index >= 15 is 0 Å². The minimum absolute atomic E-state index is 0.0520. The molecule has 0 radical (unpaired) electrons. The van der Waals surface area contributed by atoms with Crippen molar-refractivity contribution < 1.29 is 17.6 Å². The number of hydrogen-bond donors (Lipinski definition) is 1. The van der Waals surface area contributed by atoms with Gasteiger partial charge in [-0.3, -0.25) is 14.4 Å². The van der Waals surface area contributed by atoms with Crippen molar-refractivity contribution in [3.8, 4) is 0 Å². The Hall–Kier alpha value is -2.75. The van der Waals surface area contributed by atoms with Gasteiger partial charge < -0.3 is 0 Å². The van der Waals surface area contributed by atoms with Crippen LogP contribution in [0.15, 0.2) is 75.2 Å². The van der Waals surface area contributed by atoms with Crippen molar-refractivity contribution in [2.45, 2.75) is 10.3 Å². The zero-order valence-electron chi connectivity index (χ0n) is 15.8. The number of benzene rings is 2. The molecule has 2 aliphatic rings. The Bertz CT molecular complexity index is 1240. The first-order valence-electron chi connectivity index (χ1n) is 9.06. The third kappa shape index (κ3) is 4.48. The highest BCUT2D eigenvalue weighted by molar-refractivity contribution is 7.89. The van der Waals surface area contributed by atoms with Gasteiger partial charge in [-0.1, -0.05) is 17.7 Å². The van der Waals surface area contributed by atoms with Crippen LogP contribution in [0.25, 0.3) is 0 Å².